The largest absolute Gasteiger partial charge is 0.288 e. The number of nitrogens with one attached hydrogen (secondary N) is 2. The number of rotatable bonds is 3. The van der Waals surface area contributed by atoms with Gasteiger partial charge in [0.25, 0.3) is 5.91 Å². The van der Waals surface area contributed by atoms with E-state index in [1.807, 2.05) is 6.08 Å². The molecule has 0 radical (unpaired) electrons. The monoisotopic (exact) mass is 245 g/mol. The first-order valence-electron chi connectivity index (χ1n) is 5.92. The molecule has 5 heteroatoms. The maximum Gasteiger partial charge on any atom is 0.288 e. The number of hydrogen-bond donors (Lipinski definition) is 2. The Hall–Kier alpha value is -2.17. The van der Waals surface area contributed by atoms with E-state index in [-0.39, 0.29) is 17.5 Å². The number of aromatic nitrogens is 1. The molecule has 2 amide bonds. The van der Waals surface area contributed by atoms with E-state index in [1.165, 1.54) is 6.20 Å². The van der Waals surface area contributed by atoms with Crippen LogP contribution in [0.4, 0.5) is 0 Å². The molecule has 0 bridgehead atoms. The second-order valence-corrected chi connectivity index (χ2v) is 4.19. The first-order chi connectivity index (χ1) is 8.75. The van der Waals surface area contributed by atoms with Crippen LogP contribution in [0.1, 0.15) is 29.8 Å². The Labute approximate surface area is 105 Å². The molecule has 0 aliphatic heterocycles. The van der Waals surface area contributed by atoms with Gasteiger partial charge in [-0.25, -0.2) is 0 Å². The predicted octanol–water partition coefficient (Wildman–Crippen LogP) is 1.20. The summed E-state index contributed by atoms with van der Waals surface area (Å²) in [5, 5.41) is 0. The zero-order valence-corrected chi connectivity index (χ0v) is 9.93. The van der Waals surface area contributed by atoms with Crippen molar-refractivity contribution in [2.45, 2.75) is 19.3 Å². The molecular formula is C13H15N3O2. The third-order valence-electron chi connectivity index (χ3n) is 2.77. The van der Waals surface area contributed by atoms with Gasteiger partial charge in [0.2, 0.25) is 5.91 Å². The minimum atomic E-state index is -0.411. The molecule has 5 nitrogen and oxygen atoms in total. The molecule has 0 unspecified atom stereocenters. The van der Waals surface area contributed by atoms with Crippen molar-refractivity contribution in [2.24, 2.45) is 5.92 Å². The number of amides is 2. The highest BCUT2D eigenvalue weighted by atomic mass is 16.2. The van der Waals surface area contributed by atoms with Crippen molar-refractivity contribution >= 4 is 11.8 Å². The molecule has 18 heavy (non-hydrogen) atoms. The van der Waals surface area contributed by atoms with E-state index in [0.717, 1.165) is 12.8 Å². The van der Waals surface area contributed by atoms with Crippen LogP contribution in [0.2, 0.25) is 0 Å². The summed E-state index contributed by atoms with van der Waals surface area (Å²) in [4.78, 5) is 27.0. The van der Waals surface area contributed by atoms with Gasteiger partial charge in [-0.3, -0.25) is 25.4 Å². The lowest BCUT2D eigenvalue weighted by atomic mass is 10.1. The Morgan fingerprint density at radius 1 is 1.33 bits per heavy atom. The summed E-state index contributed by atoms with van der Waals surface area (Å²) in [5.41, 5.74) is 5.02. The van der Waals surface area contributed by atoms with Crippen LogP contribution >= 0.6 is 0 Å². The van der Waals surface area contributed by atoms with Crippen LogP contribution < -0.4 is 10.9 Å². The van der Waals surface area contributed by atoms with E-state index in [9.17, 15) is 9.59 Å². The lowest BCUT2D eigenvalue weighted by molar-refractivity contribution is -0.122. The standard InChI is InChI=1S/C13H15N3O2/c17-12(9-10-5-1-2-6-10)15-16-13(18)11-7-3-4-8-14-11/h1,3-5,7-8,10H,2,6,9H2,(H,15,17)(H,16,18)/t10-/m0/s1. The van der Waals surface area contributed by atoms with Crippen molar-refractivity contribution in [3.8, 4) is 0 Å². The number of hydrogen-bond acceptors (Lipinski definition) is 3. The van der Waals surface area contributed by atoms with E-state index in [0.29, 0.717) is 6.42 Å². The highest BCUT2D eigenvalue weighted by Crippen LogP contribution is 2.19. The van der Waals surface area contributed by atoms with Crippen molar-refractivity contribution in [2.75, 3.05) is 0 Å². The fraction of sp³-hybridized carbons (Fsp3) is 0.308. The van der Waals surface area contributed by atoms with Crippen molar-refractivity contribution < 1.29 is 9.59 Å². The zero-order valence-electron chi connectivity index (χ0n) is 9.93. The summed E-state index contributed by atoms with van der Waals surface area (Å²) in [6.07, 6.45) is 8.07. The lowest BCUT2D eigenvalue weighted by Crippen LogP contribution is -2.42. The van der Waals surface area contributed by atoms with Crippen molar-refractivity contribution in [3.63, 3.8) is 0 Å². The molecule has 1 aliphatic rings. The Kier molecular flexibility index (Phi) is 4.06. The number of hydrazine groups is 1. The maximum absolute atomic E-state index is 11.6. The highest BCUT2D eigenvalue weighted by molar-refractivity contribution is 5.93. The van der Waals surface area contributed by atoms with E-state index >= 15 is 0 Å². The van der Waals surface area contributed by atoms with Gasteiger partial charge in [-0.1, -0.05) is 18.2 Å². The molecular weight excluding hydrogens is 230 g/mol. The molecule has 1 aromatic heterocycles. The van der Waals surface area contributed by atoms with E-state index in [1.54, 1.807) is 18.2 Å². The zero-order chi connectivity index (χ0) is 12.8. The Morgan fingerprint density at radius 3 is 2.89 bits per heavy atom. The predicted molar refractivity (Wildman–Crippen MR) is 66.3 cm³/mol. The molecule has 0 spiro atoms. The van der Waals surface area contributed by atoms with Crippen LogP contribution in [-0.4, -0.2) is 16.8 Å². The minimum Gasteiger partial charge on any atom is -0.273 e. The summed E-state index contributed by atoms with van der Waals surface area (Å²) < 4.78 is 0. The summed E-state index contributed by atoms with van der Waals surface area (Å²) in [7, 11) is 0. The number of carbonyl (C=O) groups is 2. The quantitative estimate of drug-likeness (QED) is 0.621. The molecule has 2 rings (SSSR count). The summed E-state index contributed by atoms with van der Waals surface area (Å²) in [5.74, 6) is -0.307. The molecule has 0 saturated carbocycles. The van der Waals surface area contributed by atoms with Crippen LogP contribution in [0.3, 0.4) is 0 Å². The summed E-state index contributed by atoms with van der Waals surface area (Å²) in [6, 6.07) is 5.02. The van der Waals surface area contributed by atoms with Crippen LogP contribution in [-0.2, 0) is 4.79 Å². The first-order valence-corrected chi connectivity index (χ1v) is 5.92. The van der Waals surface area contributed by atoms with Gasteiger partial charge in [0.15, 0.2) is 0 Å². The fourth-order valence-corrected chi connectivity index (χ4v) is 1.84. The van der Waals surface area contributed by atoms with Crippen LogP contribution in [0.15, 0.2) is 36.5 Å². The average molecular weight is 245 g/mol. The molecule has 1 heterocycles. The summed E-state index contributed by atoms with van der Waals surface area (Å²) >= 11 is 0. The van der Waals surface area contributed by atoms with Crippen molar-refractivity contribution in [1.29, 1.82) is 0 Å². The molecule has 1 aliphatic carbocycles. The minimum absolute atomic E-state index is 0.184. The number of pyridine rings is 1. The van der Waals surface area contributed by atoms with Gasteiger partial charge in [0.05, 0.1) is 0 Å². The molecule has 1 atom stereocenters. The van der Waals surface area contributed by atoms with Gasteiger partial charge in [0.1, 0.15) is 5.69 Å². The third kappa shape index (κ3) is 3.41. The summed E-state index contributed by atoms with van der Waals surface area (Å²) in [6.45, 7) is 0. The molecule has 0 saturated heterocycles. The van der Waals surface area contributed by atoms with Gasteiger partial charge in [0, 0.05) is 12.6 Å². The van der Waals surface area contributed by atoms with Crippen molar-refractivity contribution in [3.05, 3.63) is 42.2 Å². The SMILES string of the molecule is O=C(C[C@H]1C=CCC1)NNC(=O)c1ccccn1. The van der Waals surface area contributed by atoms with Gasteiger partial charge >= 0.3 is 0 Å². The van der Waals surface area contributed by atoms with E-state index < -0.39 is 5.91 Å². The number of nitrogens with zero attached hydrogens (tertiary/aromatic N) is 1. The van der Waals surface area contributed by atoms with Crippen LogP contribution in [0, 0.1) is 5.92 Å². The molecule has 0 aromatic carbocycles. The Balaban J connectivity index is 1.75. The molecule has 0 fully saturated rings. The first kappa shape index (κ1) is 12.3. The molecule has 94 valence electrons. The molecule has 2 N–H and O–H groups in total. The fourth-order valence-electron chi connectivity index (χ4n) is 1.84. The van der Waals surface area contributed by atoms with Crippen molar-refractivity contribution in [1.82, 2.24) is 15.8 Å². The smallest absolute Gasteiger partial charge is 0.273 e. The second-order valence-electron chi connectivity index (χ2n) is 4.19. The van der Waals surface area contributed by atoms with Gasteiger partial charge < -0.3 is 0 Å². The topological polar surface area (TPSA) is 71.1 Å². The van der Waals surface area contributed by atoms with Gasteiger partial charge in [-0.05, 0) is 30.9 Å². The normalized spacial score (nSPS) is 17.4. The Morgan fingerprint density at radius 2 is 2.22 bits per heavy atom. The highest BCUT2D eigenvalue weighted by Gasteiger charge is 2.14. The third-order valence-corrected chi connectivity index (χ3v) is 2.77. The molecule has 1 aromatic rings. The van der Waals surface area contributed by atoms with E-state index in [4.69, 9.17) is 0 Å². The van der Waals surface area contributed by atoms with Gasteiger partial charge in [-0.15, -0.1) is 0 Å². The average Bonchev–Trinajstić information content (AvgIpc) is 2.90. The lowest BCUT2D eigenvalue weighted by Gasteiger charge is -2.09. The van der Waals surface area contributed by atoms with Gasteiger partial charge in [-0.2, -0.15) is 0 Å². The second kappa shape index (κ2) is 5.95. The number of allylic oxidation sites excluding steroid dienone is 2. The van der Waals surface area contributed by atoms with E-state index in [2.05, 4.69) is 21.9 Å². The van der Waals surface area contributed by atoms with Crippen LogP contribution in [0.5, 0.6) is 0 Å². The number of carbonyl (C=O) groups excluding carboxylic acids is 2. The maximum atomic E-state index is 11.6. The Bertz CT molecular complexity index is 457. The van der Waals surface area contributed by atoms with Crippen LogP contribution in [0.25, 0.3) is 0 Å².